The lowest BCUT2D eigenvalue weighted by Gasteiger charge is -2.06. The number of esters is 1. The monoisotopic (exact) mass is 353 g/mol. The Labute approximate surface area is 138 Å². The van der Waals surface area contributed by atoms with E-state index in [-0.39, 0.29) is 24.4 Å². The van der Waals surface area contributed by atoms with Gasteiger partial charge in [-0.1, -0.05) is 6.07 Å². The van der Waals surface area contributed by atoms with Gasteiger partial charge in [0.25, 0.3) is 16.0 Å². The normalized spacial score (nSPS) is 11.3. The van der Waals surface area contributed by atoms with Crippen LogP contribution in [0.15, 0.2) is 40.9 Å². The van der Waals surface area contributed by atoms with Crippen LogP contribution in [0.5, 0.6) is 0 Å². The fourth-order valence-corrected chi connectivity index (χ4v) is 2.06. The Morgan fingerprint density at radius 3 is 2.71 bits per heavy atom. The van der Waals surface area contributed by atoms with Crippen LogP contribution in [0, 0.1) is 11.3 Å². The Morgan fingerprint density at radius 2 is 2.12 bits per heavy atom. The molecule has 1 amide bonds. The van der Waals surface area contributed by atoms with E-state index in [2.05, 4.69) is 15.4 Å². The maximum Gasteiger partial charge on any atom is 0.325 e. The number of amides is 1. The Morgan fingerprint density at radius 1 is 1.42 bits per heavy atom. The molecular weight excluding hydrogens is 338 g/mol. The molecular formula is C14H15N3O6S. The molecule has 0 aliphatic rings. The highest BCUT2D eigenvalue weighted by Gasteiger charge is 2.13. The molecule has 0 heterocycles. The second-order valence-corrected chi connectivity index (χ2v) is 5.73. The Hall–Kier alpha value is -2.90. The first-order valence-electron chi connectivity index (χ1n) is 6.66. The molecule has 0 saturated heterocycles. The lowest BCUT2D eigenvalue weighted by Crippen LogP contribution is -2.22. The molecule has 0 bridgehead atoms. The third-order valence-corrected chi connectivity index (χ3v) is 3.40. The van der Waals surface area contributed by atoms with Crippen molar-refractivity contribution in [1.82, 2.24) is 5.32 Å². The van der Waals surface area contributed by atoms with Crippen molar-refractivity contribution in [3.63, 3.8) is 0 Å². The average molecular weight is 353 g/mol. The fourth-order valence-electron chi connectivity index (χ4n) is 1.53. The van der Waals surface area contributed by atoms with Gasteiger partial charge in [-0.25, -0.2) is 0 Å². The van der Waals surface area contributed by atoms with Crippen molar-refractivity contribution in [1.29, 1.82) is 5.26 Å². The highest BCUT2D eigenvalue weighted by molar-refractivity contribution is 7.85. The number of carbonyl (C=O) groups excluding carboxylic acids is 2. The average Bonchev–Trinajstić information content (AvgIpc) is 2.51. The van der Waals surface area contributed by atoms with Crippen LogP contribution >= 0.6 is 0 Å². The quantitative estimate of drug-likeness (QED) is 0.277. The van der Waals surface area contributed by atoms with E-state index in [1.54, 1.807) is 13.0 Å². The predicted octanol–water partition coefficient (Wildman–Crippen LogP) is 0.432. The SMILES string of the molecule is CCOC(=O)CN/C=C(/C#N)C(=O)Nc1cccc(S(=O)(=O)O)c1. The molecule has 0 aliphatic heterocycles. The zero-order valence-electron chi connectivity index (χ0n) is 12.6. The molecule has 0 aromatic heterocycles. The van der Waals surface area contributed by atoms with Gasteiger partial charge in [0.1, 0.15) is 18.2 Å². The van der Waals surface area contributed by atoms with Crippen molar-refractivity contribution in [3.8, 4) is 6.07 Å². The lowest BCUT2D eigenvalue weighted by atomic mass is 10.2. The molecule has 0 atom stereocenters. The number of hydrogen-bond donors (Lipinski definition) is 3. The van der Waals surface area contributed by atoms with E-state index in [0.29, 0.717) is 0 Å². The van der Waals surface area contributed by atoms with Gasteiger partial charge in [-0.05, 0) is 25.1 Å². The van der Waals surface area contributed by atoms with Crippen LogP contribution in [0.1, 0.15) is 6.92 Å². The van der Waals surface area contributed by atoms with Crippen LogP contribution in [0.3, 0.4) is 0 Å². The third-order valence-electron chi connectivity index (χ3n) is 2.55. The number of nitrogens with zero attached hydrogens (tertiary/aromatic N) is 1. The summed E-state index contributed by atoms with van der Waals surface area (Å²) in [6.07, 6.45) is 1.04. The maximum absolute atomic E-state index is 11.9. The number of carbonyl (C=O) groups is 2. The van der Waals surface area contributed by atoms with Gasteiger partial charge in [0.05, 0.1) is 11.5 Å². The zero-order valence-corrected chi connectivity index (χ0v) is 13.5. The number of anilines is 1. The van der Waals surface area contributed by atoms with E-state index in [4.69, 9.17) is 9.81 Å². The molecule has 3 N–H and O–H groups in total. The van der Waals surface area contributed by atoms with E-state index in [9.17, 15) is 18.0 Å². The molecule has 10 heteroatoms. The number of ether oxygens (including phenoxy) is 1. The second-order valence-electron chi connectivity index (χ2n) is 4.31. The van der Waals surface area contributed by atoms with Crippen LogP contribution in [0.4, 0.5) is 5.69 Å². The van der Waals surface area contributed by atoms with Crippen LogP contribution in [-0.2, 0) is 24.4 Å². The van der Waals surface area contributed by atoms with Gasteiger partial charge in [0.15, 0.2) is 0 Å². The molecule has 9 nitrogen and oxygen atoms in total. The number of rotatable bonds is 7. The zero-order chi connectivity index (χ0) is 18.2. The molecule has 0 spiro atoms. The first kappa shape index (κ1) is 19.1. The summed E-state index contributed by atoms with van der Waals surface area (Å²) in [5.74, 6) is -1.37. The minimum absolute atomic E-state index is 0.0710. The van der Waals surface area contributed by atoms with Crippen LogP contribution in [0.25, 0.3) is 0 Å². The molecule has 1 aromatic rings. The van der Waals surface area contributed by atoms with Gasteiger partial charge in [0.2, 0.25) is 0 Å². The first-order chi connectivity index (χ1) is 11.3. The van der Waals surface area contributed by atoms with Crippen molar-refractivity contribution >= 4 is 27.7 Å². The standard InChI is InChI=1S/C14H15N3O6S/c1-2-23-13(18)9-16-8-10(7-15)14(19)17-11-4-3-5-12(6-11)24(20,21)22/h3-6,8,16H,2,9H2,1H3,(H,17,19)(H,20,21,22)/b10-8-. The van der Waals surface area contributed by atoms with E-state index in [1.807, 2.05) is 0 Å². The number of nitriles is 1. The van der Waals surface area contributed by atoms with Gasteiger partial charge in [0, 0.05) is 11.9 Å². The van der Waals surface area contributed by atoms with Gasteiger partial charge in [-0.2, -0.15) is 13.7 Å². The Bertz CT molecular complexity index is 795. The molecule has 0 radical (unpaired) electrons. The summed E-state index contributed by atoms with van der Waals surface area (Å²) in [6.45, 7) is 1.63. The fraction of sp³-hybridized carbons (Fsp3) is 0.214. The van der Waals surface area contributed by atoms with Crippen LogP contribution in [-0.4, -0.2) is 38.0 Å². The molecule has 1 rings (SSSR count). The highest BCUT2D eigenvalue weighted by Crippen LogP contribution is 2.15. The highest BCUT2D eigenvalue weighted by atomic mass is 32.2. The van der Waals surface area contributed by atoms with Crippen LogP contribution in [0.2, 0.25) is 0 Å². The molecule has 0 unspecified atom stereocenters. The topological polar surface area (TPSA) is 146 Å². The minimum atomic E-state index is -4.41. The number of hydrogen-bond acceptors (Lipinski definition) is 7. The van der Waals surface area contributed by atoms with Crippen molar-refractivity contribution in [3.05, 3.63) is 36.0 Å². The maximum atomic E-state index is 11.9. The van der Waals surface area contributed by atoms with Crippen molar-refractivity contribution in [2.24, 2.45) is 0 Å². The lowest BCUT2D eigenvalue weighted by molar-refractivity contribution is -0.141. The smallest absolute Gasteiger partial charge is 0.325 e. The first-order valence-corrected chi connectivity index (χ1v) is 8.10. The van der Waals surface area contributed by atoms with E-state index < -0.39 is 26.9 Å². The summed E-state index contributed by atoms with van der Waals surface area (Å²) in [6, 6.07) is 6.52. The largest absolute Gasteiger partial charge is 0.465 e. The minimum Gasteiger partial charge on any atom is -0.465 e. The summed E-state index contributed by atoms with van der Waals surface area (Å²) < 4.78 is 35.7. The third kappa shape index (κ3) is 6.07. The van der Waals surface area contributed by atoms with E-state index >= 15 is 0 Å². The summed E-state index contributed by atoms with van der Waals surface area (Å²) in [7, 11) is -4.41. The Kier molecular flexibility index (Phi) is 6.91. The van der Waals surface area contributed by atoms with Gasteiger partial charge >= 0.3 is 5.97 Å². The summed E-state index contributed by atoms with van der Waals surface area (Å²) in [5.41, 5.74) is -0.266. The van der Waals surface area contributed by atoms with E-state index in [0.717, 1.165) is 18.3 Å². The second kappa shape index (κ2) is 8.66. The molecule has 128 valence electrons. The number of benzene rings is 1. The van der Waals surface area contributed by atoms with Gasteiger partial charge < -0.3 is 15.4 Å². The van der Waals surface area contributed by atoms with Crippen molar-refractivity contribution in [2.75, 3.05) is 18.5 Å². The molecule has 0 saturated carbocycles. The van der Waals surface area contributed by atoms with Crippen molar-refractivity contribution < 1.29 is 27.3 Å². The predicted molar refractivity (Wildman–Crippen MR) is 83.2 cm³/mol. The number of nitrogens with one attached hydrogen (secondary N) is 2. The van der Waals surface area contributed by atoms with Crippen molar-refractivity contribution in [2.45, 2.75) is 11.8 Å². The molecule has 24 heavy (non-hydrogen) atoms. The molecule has 0 fully saturated rings. The van der Waals surface area contributed by atoms with Gasteiger partial charge in [-0.3, -0.25) is 14.1 Å². The Balaban J connectivity index is 2.78. The molecule has 0 aliphatic carbocycles. The molecule has 1 aromatic carbocycles. The van der Waals surface area contributed by atoms with E-state index in [1.165, 1.54) is 12.1 Å². The van der Waals surface area contributed by atoms with Crippen LogP contribution < -0.4 is 10.6 Å². The summed E-state index contributed by atoms with van der Waals surface area (Å²) >= 11 is 0. The summed E-state index contributed by atoms with van der Waals surface area (Å²) in [5, 5.41) is 13.7. The summed E-state index contributed by atoms with van der Waals surface area (Å²) in [4.78, 5) is 22.7. The van der Waals surface area contributed by atoms with Gasteiger partial charge in [-0.15, -0.1) is 0 Å².